The topological polar surface area (TPSA) is 93.0 Å². The molecular weight excluding hydrogens is 413 g/mol. The Hall–Kier alpha value is -2.72. The van der Waals surface area contributed by atoms with Crippen LogP contribution in [0.4, 0.5) is 13.2 Å². The van der Waals surface area contributed by atoms with Gasteiger partial charge in [0.15, 0.2) is 5.65 Å². The summed E-state index contributed by atoms with van der Waals surface area (Å²) >= 11 is 0. The lowest BCUT2D eigenvalue weighted by Crippen LogP contribution is -2.19. The lowest BCUT2D eigenvalue weighted by atomic mass is 10.1. The number of halogens is 3. The first-order chi connectivity index (χ1) is 14.7. The van der Waals surface area contributed by atoms with Crippen molar-refractivity contribution >= 4 is 11.0 Å². The molecule has 3 aromatic rings. The van der Waals surface area contributed by atoms with E-state index >= 15 is 0 Å². The summed E-state index contributed by atoms with van der Waals surface area (Å²) in [5, 5.41) is 14.2. The third-order valence-electron chi connectivity index (χ3n) is 5.66. The molecule has 0 bridgehead atoms. The molecule has 7 nitrogen and oxygen atoms in total. The Morgan fingerprint density at radius 3 is 2.58 bits per heavy atom. The van der Waals surface area contributed by atoms with Gasteiger partial charge in [0.1, 0.15) is 16.9 Å². The molecule has 0 aliphatic carbocycles. The van der Waals surface area contributed by atoms with Gasteiger partial charge in [0.25, 0.3) is 5.56 Å². The zero-order chi connectivity index (χ0) is 22.3. The second-order valence-electron chi connectivity index (χ2n) is 7.91. The average Bonchev–Trinajstić information content (AvgIpc) is 3.30. The summed E-state index contributed by atoms with van der Waals surface area (Å²) in [4.78, 5) is 20.0. The number of nitrogens with zero attached hydrogens (tertiary/aromatic N) is 3. The van der Waals surface area contributed by atoms with Crippen LogP contribution in [0, 0.1) is 0 Å². The molecule has 3 unspecified atom stereocenters. The second-order valence-corrected chi connectivity index (χ2v) is 7.91. The monoisotopic (exact) mass is 436 g/mol. The maximum absolute atomic E-state index is 12.9. The Balaban J connectivity index is 1.73. The first-order valence-electron chi connectivity index (χ1n) is 10.1. The molecule has 166 valence electrons. The van der Waals surface area contributed by atoms with E-state index in [-0.39, 0.29) is 28.9 Å². The van der Waals surface area contributed by atoms with E-state index < -0.39 is 29.9 Å². The highest BCUT2D eigenvalue weighted by atomic mass is 19.4. The van der Waals surface area contributed by atoms with Crippen LogP contribution >= 0.6 is 0 Å². The molecule has 3 heterocycles. The Bertz CT molecular complexity index is 1140. The van der Waals surface area contributed by atoms with E-state index in [0.717, 1.165) is 25.0 Å². The van der Waals surface area contributed by atoms with Crippen molar-refractivity contribution in [2.75, 3.05) is 0 Å². The number of hydrogen-bond acceptors (Lipinski definition) is 5. The van der Waals surface area contributed by atoms with Crippen LogP contribution in [0.5, 0.6) is 0 Å². The summed E-state index contributed by atoms with van der Waals surface area (Å²) in [6.45, 7) is 3.28. The van der Waals surface area contributed by atoms with Crippen molar-refractivity contribution in [1.29, 1.82) is 0 Å². The van der Waals surface area contributed by atoms with Gasteiger partial charge < -0.3 is 14.8 Å². The normalized spacial score (nSPS) is 20.5. The summed E-state index contributed by atoms with van der Waals surface area (Å²) in [7, 11) is 0. The zero-order valence-corrected chi connectivity index (χ0v) is 17.1. The Morgan fingerprint density at radius 2 is 2.00 bits per heavy atom. The quantitative estimate of drug-likeness (QED) is 0.640. The van der Waals surface area contributed by atoms with Crippen molar-refractivity contribution in [2.45, 2.75) is 64.1 Å². The Kier molecular flexibility index (Phi) is 5.61. The number of rotatable bonds is 5. The maximum atomic E-state index is 12.9. The summed E-state index contributed by atoms with van der Waals surface area (Å²) in [6, 6.07) is 4.27. The van der Waals surface area contributed by atoms with Crippen molar-refractivity contribution in [2.24, 2.45) is 0 Å². The maximum Gasteiger partial charge on any atom is 0.416 e. The van der Waals surface area contributed by atoms with E-state index in [9.17, 15) is 23.1 Å². The van der Waals surface area contributed by atoms with Crippen molar-refractivity contribution < 1.29 is 23.0 Å². The predicted octanol–water partition coefficient (Wildman–Crippen LogP) is 3.35. The first kappa shape index (κ1) is 21.5. The SMILES string of the molecule is CC1CCC(Cc2nc3c(c(CO)nn3C(C)c3ccc(C(F)(F)F)cc3)c(=O)[nH]2)O1. The number of alkyl halides is 3. The number of aromatic amines is 1. The minimum atomic E-state index is -4.42. The number of benzene rings is 1. The number of aliphatic hydroxyl groups is 1. The van der Waals surface area contributed by atoms with Gasteiger partial charge in [-0.3, -0.25) is 4.79 Å². The number of hydrogen-bond donors (Lipinski definition) is 2. The number of aliphatic hydroxyl groups excluding tert-OH is 1. The largest absolute Gasteiger partial charge is 0.416 e. The molecule has 0 amide bonds. The summed E-state index contributed by atoms with van der Waals surface area (Å²) < 4.78 is 45.9. The van der Waals surface area contributed by atoms with Crippen LogP contribution in [-0.4, -0.2) is 37.1 Å². The van der Waals surface area contributed by atoms with Crippen LogP contribution in [0.1, 0.15) is 55.4 Å². The smallest absolute Gasteiger partial charge is 0.390 e. The fourth-order valence-electron chi connectivity index (χ4n) is 3.98. The van der Waals surface area contributed by atoms with E-state index in [0.29, 0.717) is 17.8 Å². The van der Waals surface area contributed by atoms with E-state index in [1.807, 2.05) is 6.92 Å². The highest BCUT2D eigenvalue weighted by molar-refractivity contribution is 5.77. The second kappa shape index (κ2) is 8.08. The fourth-order valence-corrected chi connectivity index (χ4v) is 3.98. The molecule has 1 fully saturated rings. The molecule has 0 saturated carbocycles. The van der Waals surface area contributed by atoms with Gasteiger partial charge in [-0.05, 0) is 44.4 Å². The predicted molar refractivity (Wildman–Crippen MR) is 107 cm³/mol. The zero-order valence-electron chi connectivity index (χ0n) is 17.1. The van der Waals surface area contributed by atoms with E-state index in [1.54, 1.807) is 6.92 Å². The van der Waals surface area contributed by atoms with Crippen LogP contribution in [0.3, 0.4) is 0 Å². The van der Waals surface area contributed by atoms with Crippen LogP contribution in [0.25, 0.3) is 11.0 Å². The van der Waals surface area contributed by atoms with Gasteiger partial charge in [-0.2, -0.15) is 18.3 Å². The number of nitrogens with one attached hydrogen (secondary N) is 1. The molecule has 31 heavy (non-hydrogen) atoms. The molecule has 1 aliphatic heterocycles. The molecule has 10 heteroatoms. The van der Waals surface area contributed by atoms with Gasteiger partial charge in [-0.25, -0.2) is 9.67 Å². The van der Waals surface area contributed by atoms with E-state index in [1.165, 1.54) is 16.8 Å². The van der Waals surface area contributed by atoms with E-state index in [4.69, 9.17) is 4.74 Å². The first-order valence-corrected chi connectivity index (χ1v) is 10.1. The molecule has 3 atom stereocenters. The van der Waals surface area contributed by atoms with Crippen LogP contribution < -0.4 is 5.56 Å². The molecule has 0 radical (unpaired) electrons. The van der Waals surface area contributed by atoms with Gasteiger partial charge in [0, 0.05) is 6.42 Å². The summed E-state index contributed by atoms with van der Waals surface area (Å²) in [6.07, 6.45) is -2.07. The number of H-pyrrole nitrogens is 1. The van der Waals surface area contributed by atoms with Crippen LogP contribution in [0.2, 0.25) is 0 Å². The molecule has 1 saturated heterocycles. The van der Waals surface area contributed by atoms with Gasteiger partial charge in [-0.1, -0.05) is 12.1 Å². The van der Waals surface area contributed by atoms with Crippen LogP contribution in [-0.2, 0) is 23.9 Å². The Morgan fingerprint density at radius 1 is 1.29 bits per heavy atom. The highest BCUT2D eigenvalue weighted by Gasteiger charge is 2.30. The molecular formula is C21H23F3N4O3. The molecule has 0 spiro atoms. The third kappa shape index (κ3) is 4.22. The lowest BCUT2D eigenvalue weighted by molar-refractivity contribution is -0.137. The van der Waals surface area contributed by atoms with Crippen molar-refractivity contribution in [1.82, 2.24) is 19.7 Å². The molecule has 1 aliphatic rings. The summed E-state index contributed by atoms with van der Waals surface area (Å²) in [5.74, 6) is 0.446. The number of aromatic nitrogens is 4. The van der Waals surface area contributed by atoms with Crippen molar-refractivity contribution in [3.63, 3.8) is 0 Å². The Labute approximate surface area is 175 Å². The van der Waals surface area contributed by atoms with Crippen molar-refractivity contribution in [3.8, 4) is 0 Å². The summed E-state index contributed by atoms with van der Waals surface area (Å²) in [5.41, 5.74) is -0.145. The minimum Gasteiger partial charge on any atom is -0.390 e. The van der Waals surface area contributed by atoms with Crippen LogP contribution in [0.15, 0.2) is 29.1 Å². The van der Waals surface area contributed by atoms with Gasteiger partial charge in [0.05, 0.1) is 30.4 Å². The number of fused-ring (bicyclic) bond motifs is 1. The third-order valence-corrected chi connectivity index (χ3v) is 5.66. The standard InChI is InChI=1S/C21H23F3N4O3/c1-11-3-8-15(31-11)9-17-25-19-18(20(30)26-17)16(10-29)27-28(19)12(2)13-4-6-14(7-5-13)21(22,23)24/h4-7,11-12,15,29H,3,8-10H2,1-2H3,(H,25,26,30). The molecule has 4 rings (SSSR count). The molecule has 2 N–H and O–H groups in total. The molecule has 2 aromatic heterocycles. The fraction of sp³-hybridized carbons (Fsp3) is 0.476. The molecule has 1 aromatic carbocycles. The van der Waals surface area contributed by atoms with Gasteiger partial charge in [0.2, 0.25) is 0 Å². The van der Waals surface area contributed by atoms with Gasteiger partial charge in [-0.15, -0.1) is 0 Å². The van der Waals surface area contributed by atoms with Crippen molar-refractivity contribution in [3.05, 3.63) is 57.3 Å². The van der Waals surface area contributed by atoms with E-state index in [2.05, 4.69) is 15.1 Å². The highest BCUT2D eigenvalue weighted by Crippen LogP contribution is 2.31. The van der Waals surface area contributed by atoms with Gasteiger partial charge >= 0.3 is 6.18 Å². The lowest BCUT2D eigenvalue weighted by Gasteiger charge is -2.15. The number of ether oxygens (including phenoxy) is 1. The minimum absolute atomic E-state index is 0.0448. The average molecular weight is 436 g/mol.